The molecule has 596 valence electrons. The Morgan fingerprint density at radius 2 is 0.474 bits per heavy atom. The van der Waals surface area contributed by atoms with Crippen LogP contribution in [0.15, 0.2) is 223 Å². The number of nitrogens with two attached hydrogens (primary N) is 2. The third kappa shape index (κ3) is 24.2. The van der Waals surface area contributed by atoms with Crippen molar-refractivity contribution in [3.8, 4) is 0 Å². The summed E-state index contributed by atoms with van der Waals surface area (Å²) in [5.74, 6) is 0. The van der Waals surface area contributed by atoms with Crippen LogP contribution >= 0.6 is 174 Å². The summed E-state index contributed by atoms with van der Waals surface area (Å²) in [5.41, 5.74) is 40.4. The maximum absolute atomic E-state index is 10.1. The number of nitrogens with zero attached hydrogens (tertiary/aromatic N) is 11. The first-order chi connectivity index (χ1) is 54.8. The van der Waals surface area contributed by atoms with E-state index in [1.54, 1.807) is 30.3 Å². The Labute approximate surface area is 740 Å². The first-order valence-corrected chi connectivity index (χ1v) is 42.6. The molecule has 10 aromatic rings. The standard InChI is InChI=1S/2C17H15Cl3N4.2C17H17Cl3N2.C17H16Cl3NO/c2*18-12-3-1-11(2-4-12)17-10-14(22-23-21)7-8-24(17)16-6-5-13(19)9-15(16)20;2*18-12-3-1-11(2-4-12)17-10-14(21)7-8-22(17)16-6-5-13(19)9-15(16)20;18-12-3-1-11(2-4-12)17-10-14(22)7-8-21(17)16-6-5-13(19)9-15(16)20/h2*1-6,9,14,17H,7-8,10H2;2*1-6,9,14,17H,7-8,10,21H2;1-6,9,14,17,22H,7-8,10H2/t14-,17+;14-,17-;14-,17+;14-,17-;/m1010./s1. The molecule has 0 saturated carbocycles. The smallest absolute Gasteiger partial charge is 0.0654 e. The molecule has 10 atom stereocenters. The molecule has 14 nitrogen and oxygen atoms in total. The van der Waals surface area contributed by atoms with Gasteiger partial charge in [0.25, 0.3) is 0 Å². The molecule has 29 heteroatoms. The quantitative estimate of drug-likeness (QED) is 0.0612. The second kappa shape index (κ2) is 42.6. The zero-order valence-corrected chi connectivity index (χ0v) is 72.6. The molecule has 0 bridgehead atoms. The van der Waals surface area contributed by atoms with Gasteiger partial charge in [-0.3, -0.25) is 0 Å². The molecular formula is C85H80Cl15N13O. The van der Waals surface area contributed by atoms with E-state index >= 15 is 0 Å². The molecule has 2 unspecified atom stereocenters. The summed E-state index contributed by atoms with van der Waals surface area (Å²) in [4.78, 5) is 17.3. The van der Waals surface area contributed by atoms with E-state index in [4.69, 9.17) is 197 Å². The van der Waals surface area contributed by atoms with Gasteiger partial charge in [0.05, 0.1) is 89.9 Å². The van der Waals surface area contributed by atoms with Crippen molar-refractivity contribution >= 4 is 202 Å². The Morgan fingerprint density at radius 3 is 0.702 bits per heavy atom. The second-order valence-electron chi connectivity index (χ2n) is 28.3. The molecule has 0 aromatic heterocycles. The van der Waals surface area contributed by atoms with Crippen LogP contribution in [-0.4, -0.2) is 68.1 Å². The van der Waals surface area contributed by atoms with Gasteiger partial charge in [-0.2, -0.15) is 0 Å². The molecule has 5 heterocycles. The van der Waals surface area contributed by atoms with Gasteiger partial charge in [-0.25, -0.2) is 0 Å². The minimum atomic E-state index is -0.303. The van der Waals surface area contributed by atoms with Crippen molar-refractivity contribution in [1.29, 1.82) is 0 Å². The topological polar surface area (TPSA) is 186 Å². The number of azide groups is 2. The van der Waals surface area contributed by atoms with Crippen molar-refractivity contribution in [3.63, 3.8) is 0 Å². The first kappa shape index (κ1) is 88.9. The number of hydrogen-bond donors (Lipinski definition) is 3. The van der Waals surface area contributed by atoms with Crippen molar-refractivity contribution < 1.29 is 5.11 Å². The molecule has 5 fully saturated rings. The fraction of sp³-hybridized carbons (Fsp3) is 0.294. The minimum absolute atomic E-state index is 0.0296. The number of benzene rings is 10. The maximum atomic E-state index is 10.1. The highest BCUT2D eigenvalue weighted by atomic mass is 35.5. The van der Waals surface area contributed by atoms with E-state index in [2.05, 4.69) is 68.8 Å². The van der Waals surface area contributed by atoms with Crippen molar-refractivity contribution in [2.45, 2.75) is 125 Å². The van der Waals surface area contributed by atoms with Crippen molar-refractivity contribution in [2.24, 2.45) is 21.7 Å². The Morgan fingerprint density at radius 1 is 0.272 bits per heavy atom. The molecular weight excluding hydrogens is 1750 g/mol. The van der Waals surface area contributed by atoms with Crippen LogP contribution in [0.25, 0.3) is 20.9 Å². The average Bonchev–Trinajstić information content (AvgIpc) is 0.872. The van der Waals surface area contributed by atoms with Crippen LogP contribution in [0, 0.1) is 0 Å². The summed E-state index contributed by atoms with van der Waals surface area (Å²) < 4.78 is 0. The van der Waals surface area contributed by atoms with E-state index in [0.717, 1.165) is 146 Å². The molecule has 5 aliphatic rings. The lowest BCUT2D eigenvalue weighted by Gasteiger charge is -2.40. The van der Waals surface area contributed by atoms with Gasteiger partial charge in [-0.15, -0.1) is 0 Å². The van der Waals surface area contributed by atoms with Crippen molar-refractivity contribution in [2.75, 3.05) is 57.2 Å². The molecule has 0 radical (unpaired) electrons. The zero-order chi connectivity index (χ0) is 81.3. The highest BCUT2D eigenvalue weighted by Gasteiger charge is 2.36. The fourth-order valence-corrected chi connectivity index (χ4v) is 18.4. The summed E-state index contributed by atoms with van der Waals surface area (Å²) in [6.45, 7) is 3.98. The number of halogens is 15. The first-order valence-electron chi connectivity index (χ1n) is 36.9. The lowest BCUT2D eigenvalue weighted by molar-refractivity contribution is 0.128. The van der Waals surface area contributed by atoms with Crippen molar-refractivity contribution in [1.82, 2.24) is 0 Å². The molecule has 114 heavy (non-hydrogen) atoms. The van der Waals surface area contributed by atoms with E-state index in [9.17, 15) is 5.11 Å². The van der Waals surface area contributed by atoms with Gasteiger partial charge >= 0.3 is 0 Å². The zero-order valence-electron chi connectivity index (χ0n) is 61.3. The normalized spacial score (nSPS) is 21.3. The lowest BCUT2D eigenvalue weighted by Crippen LogP contribution is -2.42. The Bertz CT molecular complexity index is 4540. The SMILES string of the molecule is N[C@@H]1CCN(c2ccc(Cl)cc2Cl)[C@H](c2ccc(Cl)cc2)C1.N[C@H]1CCN(c2ccc(Cl)cc2Cl)[C@H](c2ccc(Cl)cc2)C1.OC1CCN(c2ccc(Cl)cc2Cl)C(c2ccc(Cl)cc2)C1.[N-]=[N+]=N[C@@H]1CCN(c2ccc(Cl)cc2Cl)[C@H](c2ccc(Cl)cc2)C1.[N-]=[N+]=N[C@H]1CCN(c2ccc(Cl)cc2Cl)[C@H](c2ccc(Cl)cc2)C1. The lowest BCUT2D eigenvalue weighted by atomic mass is 9.91. The van der Waals surface area contributed by atoms with Crippen LogP contribution in [0.4, 0.5) is 28.4 Å². The third-order valence-electron chi connectivity index (χ3n) is 20.8. The summed E-state index contributed by atoms with van der Waals surface area (Å²) in [7, 11) is 0. The predicted octanol–water partition coefficient (Wildman–Crippen LogP) is 29.3. The maximum Gasteiger partial charge on any atom is 0.0654 e. The third-order valence-corrected chi connectivity index (χ3v) is 24.8. The molecule has 10 aromatic carbocycles. The molecule has 0 aliphatic carbocycles. The molecule has 5 saturated heterocycles. The molecule has 0 amide bonds. The largest absolute Gasteiger partial charge is 0.393 e. The molecule has 5 aliphatic heterocycles. The van der Waals surface area contributed by atoms with E-state index in [1.165, 1.54) is 11.1 Å². The summed E-state index contributed by atoms with van der Waals surface area (Å²) >= 11 is 92.0. The Kier molecular flexibility index (Phi) is 33.2. The van der Waals surface area contributed by atoms with Crippen LogP contribution in [-0.2, 0) is 0 Å². The van der Waals surface area contributed by atoms with Crippen LogP contribution < -0.4 is 36.0 Å². The van der Waals surface area contributed by atoms with Crippen LogP contribution in [0.1, 0.15) is 122 Å². The van der Waals surface area contributed by atoms with Crippen LogP contribution in [0.5, 0.6) is 0 Å². The van der Waals surface area contributed by atoms with E-state index in [-0.39, 0.29) is 60.5 Å². The summed E-state index contributed by atoms with van der Waals surface area (Å²) in [6, 6.07) is 67.9. The molecule has 0 spiro atoms. The number of anilines is 5. The summed E-state index contributed by atoms with van der Waals surface area (Å²) in [6.07, 6.45) is 7.79. The highest BCUT2D eigenvalue weighted by molar-refractivity contribution is 6.39. The van der Waals surface area contributed by atoms with Gasteiger partial charge in [0.2, 0.25) is 0 Å². The number of aliphatic hydroxyl groups is 1. The number of rotatable bonds is 12. The average molecular weight is 1830 g/mol. The van der Waals surface area contributed by atoms with Gasteiger partial charge in [0.1, 0.15) is 0 Å². The summed E-state index contributed by atoms with van der Waals surface area (Å²) in [5, 5.41) is 27.8. The predicted molar refractivity (Wildman–Crippen MR) is 484 cm³/mol. The van der Waals surface area contributed by atoms with Crippen LogP contribution in [0.3, 0.4) is 0 Å². The van der Waals surface area contributed by atoms with Gasteiger partial charge in [-0.1, -0.05) is 245 Å². The Hall–Kier alpha value is -5.95. The second-order valence-corrected chi connectivity index (χ2v) is 34.7. The van der Waals surface area contributed by atoms with Crippen LogP contribution in [0.2, 0.25) is 75.3 Å². The van der Waals surface area contributed by atoms with E-state index in [0.29, 0.717) is 71.7 Å². The minimum Gasteiger partial charge on any atom is -0.393 e. The van der Waals surface area contributed by atoms with Gasteiger partial charge in [0, 0.05) is 117 Å². The van der Waals surface area contributed by atoms with E-state index in [1.807, 2.05) is 158 Å². The highest BCUT2D eigenvalue weighted by Crippen LogP contribution is 2.46. The fourth-order valence-electron chi connectivity index (χ4n) is 15.2. The number of aliphatic hydroxyl groups excluding tert-OH is 1. The molecule has 5 N–H and O–H groups in total. The van der Waals surface area contributed by atoms with Crippen molar-refractivity contribution in [3.05, 3.63) is 336 Å². The Balaban J connectivity index is 0.000000141. The number of hydrogen-bond acceptors (Lipinski definition) is 10. The van der Waals surface area contributed by atoms with Gasteiger partial charge < -0.3 is 41.1 Å². The van der Waals surface area contributed by atoms with Gasteiger partial charge in [0.15, 0.2) is 0 Å². The molecule has 15 rings (SSSR count). The van der Waals surface area contributed by atoms with Gasteiger partial charge in [-0.05, 0) is 255 Å². The monoisotopic (exact) mass is 1820 g/mol. The number of piperidine rings is 5. The van der Waals surface area contributed by atoms with E-state index < -0.39 is 0 Å².